The Labute approximate surface area is 147 Å². The highest BCUT2D eigenvalue weighted by Crippen LogP contribution is 2.17. The van der Waals surface area contributed by atoms with Gasteiger partial charge in [-0.25, -0.2) is 0 Å². The van der Waals surface area contributed by atoms with Crippen LogP contribution in [0.4, 0.5) is 0 Å². The number of rotatable bonds is 14. The van der Waals surface area contributed by atoms with Crippen molar-refractivity contribution in [3.63, 3.8) is 0 Å². The molecule has 2 rings (SSSR count). The largest absolute Gasteiger partial charge is 0.391 e. The van der Waals surface area contributed by atoms with E-state index in [0.717, 1.165) is 58.2 Å². The minimum absolute atomic E-state index is 0.367. The van der Waals surface area contributed by atoms with Crippen LogP contribution in [0.1, 0.15) is 39.5 Å². The highest BCUT2D eigenvalue weighted by molar-refractivity contribution is 6.81. The molecule has 136 valence electrons. The Morgan fingerprint density at radius 3 is 2.46 bits per heavy atom. The molecular weight excluding hydrogens is 320 g/mol. The number of epoxide rings is 1. The van der Waals surface area contributed by atoms with Gasteiger partial charge in [-0.15, -0.1) is 0 Å². The van der Waals surface area contributed by atoms with Gasteiger partial charge < -0.3 is 18.3 Å². The molecule has 24 heavy (non-hydrogen) atoms. The molecule has 1 heterocycles. The number of hydrogen-bond donors (Lipinski definition) is 0. The van der Waals surface area contributed by atoms with Crippen LogP contribution < -0.4 is 5.19 Å². The van der Waals surface area contributed by atoms with Crippen LogP contribution in [0, 0.1) is 0 Å². The monoisotopic (exact) mass is 352 g/mol. The van der Waals surface area contributed by atoms with E-state index in [2.05, 4.69) is 38.1 Å². The van der Waals surface area contributed by atoms with Crippen molar-refractivity contribution in [1.82, 2.24) is 0 Å². The van der Waals surface area contributed by atoms with Crippen molar-refractivity contribution in [3.8, 4) is 0 Å². The van der Waals surface area contributed by atoms with Gasteiger partial charge in [0.1, 0.15) is 6.10 Å². The van der Waals surface area contributed by atoms with Gasteiger partial charge in [-0.1, -0.05) is 43.7 Å². The molecule has 0 radical (unpaired) electrons. The fraction of sp³-hybridized carbons (Fsp3) is 0.684. The first-order valence-electron chi connectivity index (χ1n) is 9.33. The summed E-state index contributed by atoms with van der Waals surface area (Å²) in [4.78, 5) is 0. The van der Waals surface area contributed by atoms with Crippen molar-refractivity contribution in [3.05, 3.63) is 30.3 Å². The lowest BCUT2D eigenvalue weighted by atomic mass is 10.2. The van der Waals surface area contributed by atoms with Crippen molar-refractivity contribution in [2.24, 2.45) is 0 Å². The van der Waals surface area contributed by atoms with Crippen LogP contribution in [0.3, 0.4) is 0 Å². The molecule has 5 heteroatoms. The first-order valence-corrected chi connectivity index (χ1v) is 11.4. The molecule has 1 aliphatic heterocycles. The van der Waals surface area contributed by atoms with E-state index < -0.39 is 8.56 Å². The van der Waals surface area contributed by atoms with Gasteiger partial charge in [0.2, 0.25) is 0 Å². The fourth-order valence-corrected chi connectivity index (χ4v) is 6.14. The second kappa shape index (κ2) is 11.0. The SMILES string of the molecule is CCC[Si](OCC)(OCCCCCOCC1CO1)c1ccccc1. The Bertz CT molecular complexity index is 430. The van der Waals surface area contributed by atoms with Crippen LogP contribution in [0.5, 0.6) is 0 Å². The first kappa shape index (κ1) is 19.6. The summed E-state index contributed by atoms with van der Waals surface area (Å²) in [6, 6.07) is 11.5. The van der Waals surface area contributed by atoms with E-state index in [4.69, 9.17) is 18.3 Å². The molecule has 4 nitrogen and oxygen atoms in total. The fourth-order valence-electron chi connectivity index (χ4n) is 2.85. The van der Waals surface area contributed by atoms with Crippen molar-refractivity contribution in [1.29, 1.82) is 0 Å². The summed E-state index contributed by atoms with van der Waals surface area (Å²) >= 11 is 0. The predicted octanol–water partition coefficient (Wildman–Crippen LogP) is 3.38. The standard InChI is InChI=1S/C19H32O4Si/c1-3-15-24(22-4-2,19-11-7-5-8-12-19)23-14-10-6-9-13-20-16-18-17-21-18/h5,7-8,11-12,18H,3-4,6,9-10,13-17H2,1-2H3. The summed E-state index contributed by atoms with van der Waals surface area (Å²) in [5.41, 5.74) is 0. The van der Waals surface area contributed by atoms with Crippen LogP contribution in [0.2, 0.25) is 6.04 Å². The summed E-state index contributed by atoms with van der Waals surface area (Å²) < 4.78 is 23.3. The maximum Gasteiger partial charge on any atom is 0.372 e. The molecule has 0 aromatic heterocycles. The smallest absolute Gasteiger partial charge is 0.372 e. The van der Waals surface area contributed by atoms with Gasteiger partial charge in [-0.2, -0.15) is 0 Å². The summed E-state index contributed by atoms with van der Waals surface area (Å²) in [7, 11) is -2.30. The molecule has 0 aliphatic carbocycles. The number of hydrogen-bond acceptors (Lipinski definition) is 4. The van der Waals surface area contributed by atoms with E-state index in [0.29, 0.717) is 12.7 Å². The zero-order valence-corrected chi connectivity index (χ0v) is 16.2. The molecule has 0 bridgehead atoms. The van der Waals surface area contributed by atoms with Crippen molar-refractivity contribution in [2.75, 3.05) is 33.0 Å². The van der Waals surface area contributed by atoms with Crippen LogP contribution in [-0.2, 0) is 18.3 Å². The summed E-state index contributed by atoms with van der Waals surface area (Å²) in [5, 5.41) is 1.25. The molecule has 1 aromatic carbocycles. The molecule has 1 fully saturated rings. The van der Waals surface area contributed by atoms with Crippen molar-refractivity contribution >= 4 is 13.7 Å². The molecule has 0 N–H and O–H groups in total. The van der Waals surface area contributed by atoms with E-state index >= 15 is 0 Å². The molecule has 0 spiro atoms. The lowest BCUT2D eigenvalue weighted by Crippen LogP contribution is -2.53. The minimum atomic E-state index is -2.30. The second-order valence-corrected chi connectivity index (χ2v) is 9.40. The van der Waals surface area contributed by atoms with Crippen LogP contribution >= 0.6 is 0 Å². The highest BCUT2D eigenvalue weighted by atomic mass is 28.4. The third kappa shape index (κ3) is 6.65. The van der Waals surface area contributed by atoms with Gasteiger partial charge in [0.25, 0.3) is 0 Å². The average Bonchev–Trinajstić information content (AvgIpc) is 3.42. The molecule has 0 saturated carbocycles. The second-order valence-electron chi connectivity index (χ2n) is 6.24. The Kier molecular flexibility index (Phi) is 8.98. The van der Waals surface area contributed by atoms with Crippen LogP contribution in [0.15, 0.2) is 30.3 Å². The molecular formula is C19H32O4Si. The zero-order valence-electron chi connectivity index (χ0n) is 15.2. The molecule has 1 saturated heterocycles. The van der Waals surface area contributed by atoms with Gasteiger partial charge in [0.05, 0.1) is 13.2 Å². The summed E-state index contributed by atoms with van der Waals surface area (Å²) in [6.45, 7) is 8.18. The van der Waals surface area contributed by atoms with Crippen molar-refractivity contribution < 1.29 is 18.3 Å². The molecule has 2 atom stereocenters. The van der Waals surface area contributed by atoms with Gasteiger partial charge in [-0.05, 0) is 37.4 Å². The number of ether oxygens (including phenoxy) is 2. The van der Waals surface area contributed by atoms with Gasteiger partial charge in [-0.3, -0.25) is 0 Å². The predicted molar refractivity (Wildman–Crippen MR) is 98.9 cm³/mol. The average molecular weight is 353 g/mol. The molecule has 2 unspecified atom stereocenters. The number of benzene rings is 1. The molecule has 1 aliphatic rings. The van der Waals surface area contributed by atoms with Crippen LogP contribution in [-0.4, -0.2) is 47.7 Å². The Morgan fingerprint density at radius 1 is 1.04 bits per heavy atom. The Balaban J connectivity index is 1.73. The lowest BCUT2D eigenvalue weighted by Gasteiger charge is -2.30. The quantitative estimate of drug-likeness (QED) is 0.292. The van der Waals surface area contributed by atoms with Gasteiger partial charge in [0.15, 0.2) is 0 Å². The summed E-state index contributed by atoms with van der Waals surface area (Å²) in [6.07, 6.45) is 4.72. The number of unbranched alkanes of at least 4 members (excludes halogenated alkanes) is 2. The van der Waals surface area contributed by atoms with Gasteiger partial charge in [0, 0.05) is 19.8 Å². The van der Waals surface area contributed by atoms with E-state index in [1.807, 2.05) is 6.07 Å². The normalized spacial score (nSPS) is 19.2. The molecule has 0 amide bonds. The van der Waals surface area contributed by atoms with Gasteiger partial charge >= 0.3 is 8.56 Å². The Morgan fingerprint density at radius 2 is 1.79 bits per heavy atom. The minimum Gasteiger partial charge on any atom is -0.391 e. The topological polar surface area (TPSA) is 40.2 Å². The van der Waals surface area contributed by atoms with E-state index in [9.17, 15) is 0 Å². The first-order chi connectivity index (χ1) is 11.8. The van der Waals surface area contributed by atoms with Crippen LogP contribution in [0.25, 0.3) is 0 Å². The van der Waals surface area contributed by atoms with E-state index in [-0.39, 0.29) is 0 Å². The maximum absolute atomic E-state index is 6.41. The van der Waals surface area contributed by atoms with E-state index in [1.165, 1.54) is 5.19 Å². The highest BCUT2D eigenvalue weighted by Gasteiger charge is 2.38. The summed E-state index contributed by atoms with van der Waals surface area (Å²) in [5.74, 6) is 0. The maximum atomic E-state index is 6.41. The lowest BCUT2D eigenvalue weighted by molar-refractivity contribution is 0.111. The third-order valence-electron chi connectivity index (χ3n) is 4.14. The molecule has 1 aromatic rings. The van der Waals surface area contributed by atoms with E-state index in [1.54, 1.807) is 0 Å². The third-order valence-corrected chi connectivity index (χ3v) is 7.94. The zero-order chi connectivity index (χ0) is 17.1. The van der Waals surface area contributed by atoms with Crippen molar-refractivity contribution in [2.45, 2.75) is 51.7 Å². The Hall–Kier alpha value is -0.723.